The molecule has 5 heteroatoms. The molecule has 0 fully saturated rings. The Hall–Kier alpha value is -1.39. The molecule has 1 aromatic heterocycles. The Morgan fingerprint density at radius 1 is 1.29 bits per heavy atom. The van der Waals surface area contributed by atoms with Gasteiger partial charge in [0.1, 0.15) is 0 Å². The third-order valence-corrected chi connectivity index (χ3v) is 2.56. The lowest BCUT2D eigenvalue weighted by molar-refractivity contribution is 0.365. The molecule has 1 heterocycles. The minimum absolute atomic E-state index is 0.515. The molecule has 0 unspecified atom stereocenters. The molecule has 0 saturated carbocycles. The van der Waals surface area contributed by atoms with E-state index in [2.05, 4.69) is 10.1 Å². The first-order valence-corrected chi connectivity index (χ1v) is 5.69. The Balaban J connectivity index is 2.14. The summed E-state index contributed by atoms with van der Waals surface area (Å²) >= 11 is 5.81. The molecule has 0 amide bonds. The number of halogens is 1. The van der Waals surface area contributed by atoms with Crippen LogP contribution in [0.1, 0.15) is 31.1 Å². The van der Waals surface area contributed by atoms with Crippen molar-refractivity contribution in [2.45, 2.75) is 25.8 Å². The number of hydrogen-bond acceptors (Lipinski definition) is 4. The predicted molar refractivity (Wildman–Crippen MR) is 65.8 cm³/mol. The third kappa shape index (κ3) is 3.05. The van der Waals surface area contributed by atoms with Crippen molar-refractivity contribution < 1.29 is 4.52 Å². The Labute approximate surface area is 105 Å². The van der Waals surface area contributed by atoms with Gasteiger partial charge in [-0.2, -0.15) is 4.98 Å². The lowest BCUT2D eigenvalue weighted by Gasteiger charge is -2.11. The molecule has 2 rings (SSSR count). The normalized spacial score (nSPS) is 11.8. The van der Waals surface area contributed by atoms with Crippen molar-refractivity contribution in [3.8, 4) is 0 Å². The van der Waals surface area contributed by atoms with Gasteiger partial charge >= 0.3 is 0 Å². The van der Waals surface area contributed by atoms with Gasteiger partial charge in [-0.1, -0.05) is 28.9 Å². The zero-order valence-electron chi connectivity index (χ0n) is 9.77. The summed E-state index contributed by atoms with van der Waals surface area (Å²) in [6.45, 7) is 3.67. The quantitative estimate of drug-likeness (QED) is 0.910. The van der Waals surface area contributed by atoms with Crippen molar-refractivity contribution >= 4 is 11.6 Å². The van der Waals surface area contributed by atoms with Crippen molar-refractivity contribution in [3.63, 3.8) is 0 Å². The molecule has 0 aliphatic rings. The predicted octanol–water partition coefficient (Wildman–Crippen LogP) is 2.51. The first-order valence-electron chi connectivity index (χ1n) is 5.31. The number of aromatic nitrogens is 2. The molecule has 1 aromatic carbocycles. The molecule has 0 spiro atoms. The van der Waals surface area contributed by atoms with E-state index in [1.165, 1.54) is 0 Å². The van der Waals surface area contributed by atoms with Crippen molar-refractivity contribution in [2.75, 3.05) is 0 Å². The Kier molecular flexibility index (Phi) is 3.17. The van der Waals surface area contributed by atoms with Crippen LogP contribution in [0.2, 0.25) is 5.02 Å². The average Bonchev–Trinajstić information content (AvgIpc) is 2.69. The molecular weight excluding hydrogens is 238 g/mol. The molecule has 0 saturated heterocycles. The highest BCUT2D eigenvalue weighted by atomic mass is 35.5. The van der Waals surface area contributed by atoms with Crippen LogP contribution in [0.25, 0.3) is 0 Å². The number of nitrogens with two attached hydrogens (primary N) is 1. The largest absolute Gasteiger partial charge is 0.339 e. The molecule has 0 radical (unpaired) electrons. The molecule has 2 N–H and O–H groups in total. The number of hydrogen-bond donors (Lipinski definition) is 1. The van der Waals surface area contributed by atoms with Crippen LogP contribution in [0.5, 0.6) is 0 Å². The van der Waals surface area contributed by atoms with Crippen molar-refractivity contribution in [1.82, 2.24) is 10.1 Å². The Morgan fingerprint density at radius 2 is 1.94 bits per heavy atom. The van der Waals surface area contributed by atoms with Crippen molar-refractivity contribution in [1.29, 1.82) is 0 Å². The molecule has 2 aromatic rings. The molecule has 0 aliphatic carbocycles. The lowest BCUT2D eigenvalue weighted by atomic mass is 10.1. The maximum absolute atomic E-state index is 5.88. The van der Waals surface area contributed by atoms with Crippen LogP contribution in [-0.2, 0) is 12.0 Å². The topological polar surface area (TPSA) is 64.9 Å². The standard InChI is InChI=1S/C12H14ClN3O/c1-12(2,14)11-15-10(17-16-11)7-8-3-5-9(13)6-4-8/h3-6H,7,14H2,1-2H3. The van der Waals surface area contributed by atoms with Crippen LogP contribution < -0.4 is 5.73 Å². The second kappa shape index (κ2) is 4.47. The lowest BCUT2D eigenvalue weighted by Crippen LogP contribution is -2.30. The number of benzene rings is 1. The summed E-state index contributed by atoms with van der Waals surface area (Å²) in [5.41, 5.74) is 6.37. The monoisotopic (exact) mass is 251 g/mol. The highest BCUT2D eigenvalue weighted by molar-refractivity contribution is 6.30. The zero-order chi connectivity index (χ0) is 12.5. The van der Waals surface area contributed by atoms with E-state index in [1.54, 1.807) is 0 Å². The number of nitrogens with zero attached hydrogens (tertiary/aromatic N) is 2. The van der Waals surface area contributed by atoms with Gasteiger partial charge in [-0.15, -0.1) is 0 Å². The highest BCUT2D eigenvalue weighted by Crippen LogP contribution is 2.16. The maximum atomic E-state index is 5.88. The highest BCUT2D eigenvalue weighted by Gasteiger charge is 2.21. The van der Waals surface area contributed by atoms with E-state index in [9.17, 15) is 0 Å². The van der Waals surface area contributed by atoms with E-state index < -0.39 is 5.54 Å². The van der Waals surface area contributed by atoms with E-state index in [0.29, 0.717) is 23.2 Å². The van der Waals surface area contributed by atoms with Crippen LogP contribution in [0.4, 0.5) is 0 Å². The first-order chi connectivity index (χ1) is 7.95. The fraction of sp³-hybridized carbons (Fsp3) is 0.333. The van der Waals surface area contributed by atoms with Crippen molar-refractivity contribution in [3.05, 3.63) is 46.6 Å². The molecule has 0 aliphatic heterocycles. The van der Waals surface area contributed by atoms with Gasteiger partial charge < -0.3 is 10.3 Å². The first kappa shape index (κ1) is 12.1. The van der Waals surface area contributed by atoms with Gasteiger partial charge in [0.2, 0.25) is 5.89 Å². The van der Waals surface area contributed by atoms with Crippen LogP contribution in [0.15, 0.2) is 28.8 Å². The average molecular weight is 252 g/mol. The van der Waals surface area contributed by atoms with E-state index >= 15 is 0 Å². The zero-order valence-corrected chi connectivity index (χ0v) is 10.5. The third-order valence-electron chi connectivity index (χ3n) is 2.31. The van der Waals surface area contributed by atoms with E-state index in [4.69, 9.17) is 21.9 Å². The molecular formula is C12H14ClN3O. The van der Waals surface area contributed by atoms with Crippen LogP contribution in [0, 0.1) is 0 Å². The summed E-state index contributed by atoms with van der Waals surface area (Å²) in [6, 6.07) is 7.53. The molecule has 17 heavy (non-hydrogen) atoms. The van der Waals surface area contributed by atoms with Gasteiger partial charge in [0.25, 0.3) is 0 Å². The van der Waals surface area contributed by atoms with Crippen molar-refractivity contribution in [2.24, 2.45) is 5.73 Å². The smallest absolute Gasteiger partial charge is 0.231 e. The maximum Gasteiger partial charge on any atom is 0.231 e. The summed E-state index contributed by atoms with van der Waals surface area (Å²) in [6.07, 6.45) is 0.584. The van der Waals surface area contributed by atoms with Gasteiger partial charge in [-0.3, -0.25) is 0 Å². The van der Waals surface area contributed by atoms with E-state index in [0.717, 1.165) is 5.56 Å². The van der Waals surface area contributed by atoms with Gasteiger partial charge in [-0.25, -0.2) is 0 Å². The minimum Gasteiger partial charge on any atom is -0.339 e. The SMILES string of the molecule is CC(C)(N)c1noc(Cc2ccc(Cl)cc2)n1. The summed E-state index contributed by atoms with van der Waals surface area (Å²) in [7, 11) is 0. The fourth-order valence-electron chi connectivity index (χ4n) is 1.37. The second-order valence-electron chi connectivity index (χ2n) is 4.54. The summed E-state index contributed by atoms with van der Waals surface area (Å²) in [5.74, 6) is 1.07. The van der Waals surface area contributed by atoms with Gasteiger partial charge in [0, 0.05) is 5.02 Å². The minimum atomic E-state index is -0.582. The van der Waals surface area contributed by atoms with E-state index in [1.807, 2.05) is 38.1 Å². The summed E-state index contributed by atoms with van der Waals surface area (Å²) in [5, 5.41) is 4.58. The Bertz CT molecular complexity index is 499. The molecule has 4 nitrogen and oxygen atoms in total. The molecule has 0 bridgehead atoms. The molecule has 0 atom stereocenters. The summed E-state index contributed by atoms with van der Waals surface area (Å²) < 4.78 is 5.15. The van der Waals surface area contributed by atoms with Crippen LogP contribution in [-0.4, -0.2) is 10.1 Å². The Morgan fingerprint density at radius 3 is 2.47 bits per heavy atom. The van der Waals surface area contributed by atoms with Crippen LogP contribution >= 0.6 is 11.6 Å². The summed E-state index contributed by atoms with van der Waals surface area (Å²) in [4.78, 5) is 4.26. The van der Waals surface area contributed by atoms with Gasteiger partial charge in [-0.05, 0) is 31.5 Å². The fourth-order valence-corrected chi connectivity index (χ4v) is 1.49. The van der Waals surface area contributed by atoms with Gasteiger partial charge in [0.15, 0.2) is 5.82 Å². The van der Waals surface area contributed by atoms with E-state index in [-0.39, 0.29) is 0 Å². The number of rotatable bonds is 3. The van der Waals surface area contributed by atoms with Crippen LogP contribution in [0.3, 0.4) is 0 Å². The second-order valence-corrected chi connectivity index (χ2v) is 4.97. The molecule has 90 valence electrons. The van der Waals surface area contributed by atoms with Gasteiger partial charge in [0.05, 0.1) is 12.0 Å².